The minimum Gasteiger partial charge on any atom is -0.461 e. The normalized spacial score (nSPS) is 20.5. The van der Waals surface area contributed by atoms with Gasteiger partial charge in [-0.2, -0.15) is 0 Å². The van der Waals surface area contributed by atoms with Gasteiger partial charge in [0.15, 0.2) is 5.13 Å². The molecule has 0 amide bonds. The Bertz CT molecular complexity index is 1380. The van der Waals surface area contributed by atoms with Gasteiger partial charge in [-0.05, 0) is 61.8 Å². The first kappa shape index (κ1) is 25.1. The number of ether oxygens (including phenoxy) is 1. The Morgan fingerprint density at radius 3 is 2.57 bits per heavy atom. The first-order valence-corrected chi connectivity index (χ1v) is 13.9. The first-order valence-electron chi connectivity index (χ1n) is 13.1. The molecule has 188 valence electrons. The van der Waals surface area contributed by atoms with Crippen molar-refractivity contribution in [3.63, 3.8) is 0 Å². The maximum atomic E-state index is 9.71. The number of nitrogens with zero attached hydrogens (tertiary/aromatic N) is 4. The number of nitriles is 1. The van der Waals surface area contributed by atoms with E-state index in [1.807, 2.05) is 12.1 Å². The number of hydrogen-bond donors (Lipinski definition) is 0. The monoisotopic (exact) mass is 508 g/mol. The van der Waals surface area contributed by atoms with Gasteiger partial charge in [0.05, 0.1) is 23.2 Å². The largest absolute Gasteiger partial charge is 0.461 e. The molecule has 5 nitrogen and oxygen atoms in total. The number of rotatable bonds is 3. The van der Waals surface area contributed by atoms with Crippen LogP contribution in [0.5, 0.6) is 0 Å². The summed E-state index contributed by atoms with van der Waals surface area (Å²) in [4.78, 5) is 12.2. The molecule has 0 radical (unpaired) electrons. The number of anilines is 1. The fourth-order valence-corrected chi connectivity index (χ4v) is 6.19. The molecule has 2 aliphatic heterocycles. The average molecular weight is 509 g/mol. The molecule has 2 aromatic rings. The van der Waals surface area contributed by atoms with Crippen molar-refractivity contribution >= 4 is 22.5 Å². The summed E-state index contributed by atoms with van der Waals surface area (Å²) < 4.78 is 6.58. The molecule has 3 aliphatic rings. The van der Waals surface area contributed by atoms with Gasteiger partial charge >= 0.3 is 0 Å². The van der Waals surface area contributed by atoms with Crippen molar-refractivity contribution in [1.82, 2.24) is 4.98 Å². The lowest BCUT2D eigenvalue weighted by atomic mass is 9.83. The quantitative estimate of drug-likeness (QED) is 0.309. The van der Waals surface area contributed by atoms with E-state index in [-0.39, 0.29) is 11.1 Å². The Balaban J connectivity index is 1.64. The lowest BCUT2D eigenvalue weighted by Gasteiger charge is -2.33. The molecule has 0 saturated carbocycles. The van der Waals surface area contributed by atoms with Gasteiger partial charge < -0.3 is 9.64 Å². The first-order chi connectivity index (χ1) is 17.9. The molecule has 1 aromatic heterocycles. The number of benzene rings is 1. The molecular formula is C31H32N4OS. The molecule has 37 heavy (non-hydrogen) atoms. The lowest BCUT2D eigenvalue weighted by molar-refractivity contribution is 0.212. The molecule has 0 atom stereocenters. The molecule has 1 aliphatic carbocycles. The average Bonchev–Trinajstić information content (AvgIpc) is 3.34. The predicted molar refractivity (Wildman–Crippen MR) is 150 cm³/mol. The Labute approximate surface area is 223 Å². The summed E-state index contributed by atoms with van der Waals surface area (Å²) in [5.74, 6) is 1.60. The second-order valence-corrected chi connectivity index (χ2v) is 11.8. The Morgan fingerprint density at radius 1 is 1.14 bits per heavy atom. The van der Waals surface area contributed by atoms with E-state index in [1.165, 1.54) is 19.3 Å². The van der Waals surface area contributed by atoms with Gasteiger partial charge in [0.1, 0.15) is 11.5 Å². The van der Waals surface area contributed by atoms with Crippen molar-refractivity contribution in [3.05, 3.63) is 86.6 Å². The van der Waals surface area contributed by atoms with E-state index in [0.717, 1.165) is 81.9 Å². The molecular weight excluding hydrogens is 476 g/mol. The highest BCUT2D eigenvalue weighted by Gasteiger charge is 2.32. The molecule has 1 fully saturated rings. The van der Waals surface area contributed by atoms with E-state index in [2.05, 4.69) is 66.9 Å². The van der Waals surface area contributed by atoms with E-state index < -0.39 is 0 Å². The van der Waals surface area contributed by atoms with Gasteiger partial charge in [0, 0.05) is 29.6 Å². The molecule has 0 spiro atoms. The maximum absolute atomic E-state index is 9.71. The SMILES string of the molecule is [C-]#[N+]C(C#N)=C1C=C(C(C)(C)C)OC2=C1CCCC2=Cc1sc(N2CCCCC2)nc1-c1ccccc1. The minimum absolute atomic E-state index is 0.133. The number of hydrogen-bond acceptors (Lipinski definition) is 5. The van der Waals surface area contributed by atoms with Gasteiger partial charge in [0.25, 0.3) is 5.70 Å². The van der Waals surface area contributed by atoms with Crippen molar-refractivity contribution in [2.45, 2.75) is 59.3 Å². The van der Waals surface area contributed by atoms with Crippen LogP contribution in [-0.4, -0.2) is 18.1 Å². The van der Waals surface area contributed by atoms with Gasteiger partial charge in [0.2, 0.25) is 0 Å². The number of aromatic nitrogens is 1. The second-order valence-electron chi connectivity index (χ2n) is 10.8. The summed E-state index contributed by atoms with van der Waals surface area (Å²) in [5.41, 5.74) is 4.80. The standard InChI is InChI=1S/C31H32N4OS/c1-31(2,3)27-19-24(25(20-32)33-4)23-15-11-14-22(29(23)36-27)18-26-28(21-12-7-5-8-13-21)34-30(37-26)35-16-9-6-10-17-35/h5,7-8,12-13,18-19H,6,9-11,14-17H2,1-3H3. The maximum Gasteiger partial charge on any atom is 0.269 e. The van der Waals surface area contributed by atoms with Gasteiger partial charge in [-0.25, -0.2) is 15.1 Å². The van der Waals surface area contributed by atoms with Crippen molar-refractivity contribution in [2.24, 2.45) is 5.41 Å². The summed E-state index contributed by atoms with van der Waals surface area (Å²) in [6, 6.07) is 12.5. The second kappa shape index (κ2) is 10.4. The van der Waals surface area contributed by atoms with Crippen LogP contribution in [0.2, 0.25) is 0 Å². The number of thiazole rings is 1. The van der Waals surface area contributed by atoms with Crippen molar-refractivity contribution < 1.29 is 4.74 Å². The molecule has 1 aromatic carbocycles. The Hall–Kier alpha value is -3.61. The van der Waals surface area contributed by atoms with Gasteiger partial charge in [-0.1, -0.05) is 62.4 Å². The highest BCUT2D eigenvalue weighted by Crippen LogP contribution is 2.46. The van der Waals surface area contributed by atoms with Crippen molar-refractivity contribution in [3.8, 4) is 17.3 Å². The third-order valence-electron chi connectivity index (χ3n) is 7.08. The van der Waals surface area contributed by atoms with Crippen LogP contribution in [0.25, 0.3) is 22.2 Å². The third kappa shape index (κ3) is 5.13. The summed E-state index contributed by atoms with van der Waals surface area (Å²) >= 11 is 1.75. The fraction of sp³-hybridized carbons (Fsp3) is 0.387. The van der Waals surface area contributed by atoms with E-state index in [9.17, 15) is 5.26 Å². The minimum atomic E-state index is -0.254. The van der Waals surface area contributed by atoms with Crippen LogP contribution < -0.4 is 4.90 Å². The molecule has 5 rings (SSSR count). The number of allylic oxidation sites excluding steroid dienone is 6. The molecule has 6 heteroatoms. The molecule has 0 unspecified atom stereocenters. The summed E-state index contributed by atoms with van der Waals surface area (Å²) in [6.07, 6.45) is 10.5. The van der Waals surface area contributed by atoms with Gasteiger partial charge in [-0.3, -0.25) is 0 Å². The van der Waals surface area contributed by atoms with Crippen molar-refractivity contribution in [2.75, 3.05) is 18.0 Å². The van der Waals surface area contributed by atoms with Crippen LogP contribution in [-0.2, 0) is 4.74 Å². The zero-order valence-corrected chi connectivity index (χ0v) is 22.6. The molecule has 1 saturated heterocycles. The smallest absolute Gasteiger partial charge is 0.269 e. The molecule has 0 N–H and O–H groups in total. The molecule has 3 heterocycles. The van der Waals surface area contributed by atoms with Crippen LogP contribution in [0.4, 0.5) is 5.13 Å². The van der Waals surface area contributed by atoms with E-state index >= 15 is 0 Å². The van der Waals surface area contributed by atoms with Crippen LogP contribution in [0.1, 0.15) is 64.2 Å². The van der Waals surface area contributed by atoms with Crippen LogP contribution in [0, 0.1) is 23.3 Å². The Kier molecular flexibility index (Phi) is 7.04. The third-order valence-corrected chi connectivity index (χ3v) is 8.15. The number of piperidine rings is 1. The van der Waals surface area contributed by atoms with E-state index in [4.69, 9.17) is 16.3 Å². The zero-order chi connectivity index (χ0) is 26.0. The highest BCUT2D eigenvalue weighted by molar-refractivity contribution is 7.17. The van der Waals surface area contributed by atoms with Crippen molar-refractivity contribution in [1.29, 1.82) is 5.26 Å². The topological polar surface area (TPSA) is 53.5 Å². The fourth-order valence-electron chi connectivity index (χ4n) is 5.08. The highest BCUT2D eigenvalue weighted by atomic mass is 32.1. The summed E-state index contributed by atoms with van der Waals surface area (Å²) in [7, 11) is 0. The Morgan fingerprint density at radius 2 is 1.89 bits per heavy atom. The van der Waals surface area contributed by atoms with Crippen LogP contribution in [0.15, 0.2) is 70.3 Å². The van der Waals surface area contributed by atoms with E-state index in [1.54, 1.807) is 11.3 Å². The zero-order valence-electron chi connectivity index (χ0n) is 21.8. The predicted octanol–water partition coefficient (Wildman–Crippen LogP) is 8.28. The van der Waals surface area contributed by atoms with Crippen LogP contribution in [0.3, 0.4) is 0 Å². The van der Waals surface area contributed by atoms with Crippen LogP contribution >= 0.6 is 11.3 Å². The molecule has 0 bridgehead atoms. The lowest BCUT2D eigenvalue weighted by Crippen LogP contribution is -2.29. The summed E-state index contributed by atoms with van der Waals surface area (Å²) in [5, 5.41) is 10.8. The summed E-state index contributed by atoms with van der Waals surface area (Å²) in [6.45, 7) is 16.0. The van der Waals surface area contributed by atoms with Gasteiger partial charge in [-0.15, -0.1) is 0 Å². The van der Waals surface area contributed by atoms with E-state index in [0.29, 0.717) is 0 Å².